The van der Waals surface area contributed by atoms with Gasteiger partial charge in [0.2, 0.25) is 5.91 Å². The van der Waals surface area contributed by atoms with Crippen LogP contribution in [-0.4, -0.2) is 29.4 Å². The fraction of sp³-hybridized carbons (Fsp3) is 0.562. The summed E-state index contributed by atoms with van der Waals surface area (Å²) >= 11 is 1.74. The van der Waals surface area contributed by atoms with Crippen LogP contribution >= 0.6 is 11.8 Å². The van der Waals surface area contributed by atoms with Crippen molar-refractivity contribution in [3.63, 3.8) is 0 Å². The second kappa shape index (κ2) is 6.19. The van der Waals surface area contributed by atoms with E-state index in [1.807, 2.05) is 18.2 Å². The van der Waals surface area contributed by atoms with Crippen molar-refractivity contribution in [2.75, 3.05) is 12.4 Å². The predicted molar refractivity (Wildman–Crippen MR) is 83.0 cm³/mol. The topological polar surface area (TPSA) is 49.3 Å². The Balaban J connectivity index is 2.09. The fourth-order valence-corrected chi connectivity index (χ4v) is 3.73. The molecule has 1 amide bonds. The highest BCUT2D eigenvalue weighted by molar-refractivity contribution is 7.99. The van der Waals surface area contributed by atoms with Crippen molar-refractivity contribution in [3.05, 3.63) is 29.8 Å². The number of aliphatic hydroxyl groups excluding tert-OH is 1. The standard InChI is InChI=1S/C16H23NO2S/c1-16(2,3)14(8-9-18)17-15(19)12-10-20-13-7-5-4-6-11(12)13/h4-7,12,14,18H,8-10H2,1-3H3,(H,17,19). The Hall–Kier alpha value is -1.00. The van der Waals surface area contributed by atoms with E-state index >= 15 is 0 Å². The van der Waals surface area contributed by atoms with Gasteiger partial charge in [-0.05, 0) is 23.5 Å². The van der Waals surface area contributed by atoms with Crippen molar-refractivity contribution < 1.29 is 9.90 Å². The second-order valence-corrected chi connectivity index (χ2v) is 7.40. The Morgan fingerprint density at radius 1 is 1.45 bits per heavy atom. The average molecular weight is 293 g/mol. The molecule has 110 valence electrons. The Labute approximate surface area is 125 Å². The molecule has 2 N–H and O–H groups in total. The van der Waals surface area contributed by atoms with Gasteiger partial charge in [-0.1, -0.05) is 39.0 Å². The van der Waals surface area contributed by atoms with Crippen LogP contribution in [0.25, 0.3) is 0 Å². The van der Waals surface area contributed by atoms with Crippen LogP contribution in [0.3, 0.4) is 0 Å². The van der Waals surface area contributed by atoms with E-state index in [1.165, 1.54) is 4.90 Å². The third kappa shape index (κ3) is 3.36. The average Bonchev–Trinajstić information content (AvgIpc) is 2.81. The Bertz CT molecular complexity index is 482. The van der Waals surface area contributed by atoms with Crippen LogP contribution in [0.1, 0.15) is 38.7 Å². The number of fused-ring (bicyclic) bond motifs is 1. The van der Waals surface area contributed by atoms with Crippen molar-refractivity contribution >= 4 is 17.7 Å². The zero-order chi connectivity index (χ0) is 14.8. The summed E-state index contributed by atoms with van der Waals surface area (Å²) in [5.74, 6) is 0.816. The van der Waals surface area contributed by atoms with Crippen LogP contribution in [0.5, 0.6) is 0 Å². The van der Waals surface area contributed by atoms with E-state index in [2.05, 4.69) is 32.2 Å². The molecule has 1 aromatic rings. The van der Waals surface area contributed by atoms with E-state index in [-0.39, 0.29) is 29.9 Å². The third-order valence-corrected chi connectivity index (χ3v) is 4.98. The second-order valence-electron chi connectivity index (χ2n) is 6.34. The molecule has 0 fully saturated rings. The molecule has 4 heteroatoms. The van der Waals surface area contributed by atoms with E-state index in [0.29, 0.717) is 6.42 Å². The summed E-state index contributed by atoms with van der Waals surface area (Å²) in [5, 5.41) is 12.3. The number of nitrogens with one attached hydrogen (secondary N) is 1. The van der Waals surface area contributed by atoms with Gasteiger partial charge in [-0.2, -0.15) is 0 Å². The molecule has 0 saturated carbocycles. The van der Waals surface area contributed by atoms with Gasteiger partial charge in [-0.15, -0.1) is 11.8 Å². The molecule has 0 bridgehead atoms. The van der Waals surface area contributed by atoms with E-state index in [9.17, 15) is 9.90 Å². The maximum Gasteiger partial charge on any atom is 0.228 e. The van der Waals surface area contributed by atoms with Gasteiger partial charge in [0, 0.05) is 23.3 Å². The zero-order valence-electron chi connectivity index (χ0n) is 12.3. The molecule has 0 aliphatic carbocycles. The van der Waals surface area contributed by atoms with Crippen LogP contribution in [0.2, 0.25) is 0 Å². The molecular formula is C16H23NO2S. The number of thioether (sulfide) groups is 1. The lowest BCUT2D eigenvalue weighted by atomic mass is 9.84. The van der Waals surface area contributed by atoms with E-state index < -0.39 is 0 Å². The minimum atomic E-state index is -0.0697. The third-order valence-electron chi connectivity index (χ3n) is 3.80. The first-order valence-corrected chi connectivity index (χ1v) is 8.05. The van der Waals surface area contributed by atoms with Crippen molar-refractivity contribution in [1.29, 1.82) is 0 Å². The van der Waals surface area contributed by atoms with Crippen molar-refractivity contribution in [2.45, 2.75) is 44.0 Å². The highest BCUT2D eigenvalue weighted by Gasteiger charge is 2.32. The van der Waals surface area contributed by atoms with Crippen molar-refractivity contribution in [2.24, 2.45) is 5.41 Å². The van der Waals surface area contributed by atoms with Gasteiger partial charge >= 0.3 is 0 Å². The molecule has 0 radical (unpaired) electrons. The highest BCUT2D eigenvalue weighted by Crippen LogP contribution is 2.39. The summed E-state index contributed by atoms with van der Waals surface area (Å²) in [7, 11) is 0. The molecule has 2 atom stereocenters. The Morgan fingerprint density at radius 2 is 2.15 bits per heavy atom. The predicted octanol–water partition coefficient (Wildman–Crippen LogP) is 2.79. The van der Waals surface area contributed by atoms with Gasteiger partial charge < -0.3 is 10.4 Å². The van der Waals surface area contributed by atoms with Gasteiger partial charge in [-0.3, -0.25) is 4.79 Å². The fourth-order valence-electron chi connectivity index (χ4n) is 2.50. The molecule has 20 heavy (non-hydrogen) atoms. The summed E-state index contributed by atoms with van der Waals surface area (Å²) in [6.07, 6.45) is 0.594. The molecule has 2 unspecified atom stereocenters. The maximum atomic E-state index is 12.5. The van der Waals surface area contributed by atoms with Crippen LogP contribution in [0.15, 0.2) is 29.2 Å². The lowest BCUT2D eigenvalue weighted by molar-refractivity contribution is -0.123. The molecule has 0 spiro atoms. The van der Waals surface area contributed by atoms with Crippen LogP contribution in [0, 0.1) is 5.41 Å². The SMILES string of the molecule is CC(C)(C)C(CCO)NC(=O)C1CSc2ccccc21. The first kappa shape index (κ1) is 15.4. The summed E-state index contributed by atoms with van der Waals surface area (Å²) in [6, 6.07) is 8.10. The van der Waals surface area contributed by atoms with Crippen LogP contribution in [0.4, 0.5) is 0 Å². The number of benzene rings is 1. The lowest BCUT2D eigenvalue weighted by Gasteiger charge is -2.32. The molecule has 2 rings (SSSR count). The number of carbonyl (C=O) groups excluding carboxylic acids is 1. The summed E-state index contributed by atoms with van der Waals surface area (Å²) < 4.78 is 0. The largest absolute Gasteiger partial charge is 0.396 e. The number of rotatable bonds is 4. The van der Waals surface area contributed by atoms with E-state index in [0.717, 1.165) is 11.3 Å². The minimum Gasteiger partial charge on any atom is -0.396 e. The van der Waals surface area contributed by atoms with Gasteiger partial charge in [0.25, 0.3) is 0 Å². The van der Waals surface area contributed by atoms with Gasteiger partial charge in [-0.25, -0.2) is 0 Å². The first-order chi connectivity index (χ1) is 9.43. The van der Waals surface area contributed by atoms with E-state index in [1.54, 1.807) is 11.8 Å². The molecule has 0 saturated heterocycles. The number of amides is 1. The van der Waals surface area contributed by atoms with Gasteiger partial charge in [0.05, 0.1) is 5.92 Å². The number of aliphatic hydroxyl groups is 1. The Kier molecular flexibility index (Phi) is 4.76. The van der Waals surface area contributed by atoms with Crippen LogP contribution in [-0.2, 0) is 4.79 Å². The molecule has 3 nitrogen and oxygen atoms in total. The highest BCUT2D eigenvalue weighted by atomic mass is 32.2. The minimum absolute atomic E-state index is 0.00207. The number of hydrogen-bond donors (Lipinski definition) is 2. The Morgan fingerprint density at radius 3 is 2.80 bits per heavy atom. The quantitative estimate of drug-likeness (QED) is 0.897. The maximum absolute atomic E-state index is 12.5. The summed E-state index contributed by atoms with van der Waals surface area (Å²) in [5.41, 5.74) is 1.08. The molecule has 1 heterocycles. The normalized spacial score (nSPS) is 19.5. The van der Waals surface area contributed by atoms with E-state index in [4.69, 9.17) is 0 Å². The summed E-state index contributed by atoms with van der Waals surface area (Å²) in [6.45, 7) is 6.36. The smallest absolute Gasteiger partial charge is 0.228 e. The monoisotopic (exact) mass is 293 g/mol. The van der Waals surface area contributed by atoms with Crippen LogP contribution < -0.4 is 5.32 Å². The molecular weight excluding hydrogens is 270 g/mol. The number of hydrogen-bond acceptors (Lipinski definition) is 3. The molecule has 0 aromatic heterocycles. The molecule has 1 aliphatic rings. The molecule has 1 aliphatic heterocycles. The first-order valence-electron chi connectivity index (χ1n) is 7.06. The van der Waals surface area contributed by atoms with Crippen molar-refractivity contribution in [1.82, 2.24) is 5.32 Å². The lowest BCUT2D eigenvalue weighted by Crippen LogP contribution is -2.46. The zero-order valence-corrected chi connectivity index (χ0v) is 13.2. The van der Waals surface area contributed by atoms with Gasteiger partial charge in [0.15, 0.2) is 0 Å². The summed E-state index contributed by atoms with van der Waals surface area (Å²) in [4.78, 5) is 13.7. The van der Waals surface area contributed by atoms with Crippen molar-refractivity contribution in [3.8, 4) is 0 Å². The molecule has 1 aromatic carbocycles. The van der Waals surface area contributed by atoms with Gasteiger partial charge in [0.1, 0.15) is 0 Å². The number of carbonyl (C=O) groups is 1.